The molecule has 1 heterocycles. The zero-order valence-electron chi connectivity index (χ0n) is 15.6. The Hall–Kier alpha value is -0.220. The van der Waals surface area contributed by atoms with Gasteiger partial charge in [0.15, 0.2) is 0 Å². The van der Waals surface area contributed by atoms with Crippen molar-refractivity contribution in [2.75, 3.05) is 6.61 Å². The highest BCUT2D eigenvalue weighted by Gasteiger charge is 2.77. The molecule has 0 N–H and O–H groups in total. The fraction of sp³-hybridized carbons (Fsp3) is 0.905. The van der Waals surface area contributed by atoms with Crippen LogP contribution in [-0.2, 0) is 14.3 Å². The average Bonchev–Trinajstić information content (AvgIpc) is 2.92. The average molecular weight is 409 g/mol. The predicted octanol–water partition coefficient (Wildman–Crippen LogP) is 4.31. The maximum atomic E-state index is 12.7. The van der Waals surface area contributed by atoms with E-state index >= 15 is 0 Å². The van der Waals surface area contributed by atoms with Crippen LogP contribution in [0.3, 0.4) is 0 Å². The van der Waals surface area contributed by atoms with E-state index < -0.39 is 0 Å². The summed E-state index contributed by atoms with van der Waals surface area (Å²) in [6.07, 6.45) is 6.36. The monoisotopic (exact) mass is 408 g/mol. The summed E-state index contributed by atoms with van der Waals surface area (Å²) < 4.78 is 6.23. The van der Waals surface area contributed by atoms with E-state index in [1.807, 2.05) is 0 Å². The molecule has 1 saturated heterocycles. The van der Waals surface area contributed by atoms with Gasteiger partial charge in [0.1, 0.15) is 11.6 Å². The minimum atomic E-state index is -0.185. The second-order valence-electron chi connectivity index (χ2n) is 10.3. The largest absolute Gasteiger partial charge is 0.376 e. The molecular formula is C21H29BrO3. The van der Waals surface area contributed by atoms with Crippen molar-refractivity contribution in [3.63, 3.8) is 0 Å². The van der Waals surface area contributed by atoms with E-state index in [1.54, 1.807) is 0 Å². The van der Waals surface area contributed by atoms with Crippen molar-refractivity contribution >= 4 is 27.5 Å². The molecule has 8 atom stereocenters. The molecule has 3 nitrogen and oxygen atoms in total. The van der Waals surface area contributed by atoms with Gasteiger partial charge in [-0.2, -0.15) is 0 Å². The standard InChI is InChI=1S/C21H29BrO3/c1-12-8-13(23)9-21(22)17-10-19(3)14-4-5-16(24)18(14,2)7-6-15(19)20(12,21)11-25-17/h12,14-15,17H,4-11H2,1-3H3/t12-,14-,15+,17-,18+,19-,20-,21+/m1/s1. The quantitative estimate of drug-likeness (QED) is 0.560. The van der Waals surface area contributed by atoms with Gasteiger partial charge in [0, 0.05) is 30.1 Å². The van der Waals surface area contributed by atoms with Crippen LogP contribution < -0.4 is 0 Å². The number of carbonyl (C=O) groups excluding carboxylic acids is 2. The van der Waals surface area contributed by atoms with Crippen molar-refractivity contribution in [3.05, 3.63) is 0 Å². The van der Waals surface area contributed by atoms with Gasteiger partial charge in [0.25, 0.3) is 0 Å². The Bertz CT molecular complexity index is 676. The molecule has 0 aromatic heterocycles. The molecule has 0 radical (unpaired) electrons. The molecule has 25 heavy (non-hydrogen) atoms. The Morgan fingerprint density at radius 2 is 1.92 bits per heavy atom. The van der Waals surface area contributed by atoms with Gasteiger partial charge >= 0.3 is 0 Å². The fourth-order valence-corrected chi connectivity index (χ4v) is 9.84. The molecule has 4 saturated carbocycles. The first-order valence-electron chi connectivity index (χ1n) is 10.0. The number of halogens is 1. The highest BCUT2D eigenvalue weighted by molar-refractivity contribution is 9.10. The molecule has 5 fully saturated rings. The first-order chi connectivity index (χ1) is 11.7. The molecule has 1 aliphatic heterocycles. The Balaban J connectivity index is 1.66. The van der Waals surface area contributed by atoms with Crippen molar-refractivity contribution in [2.45, 2.75) is 76.1 Å². The van der Waals surface area contributed by atoms with Gasteiger partial charge in [-0.15, -0.1) is 0 Å². The van der Waals surface area contributed by atoms with E-state index in [9.17, 15) is 9.59 Å². The van der Waals surface area contributed by atoms with E-state index in [0.717, 1.165) is 38.7 Å². The van der Waals surface area contributed by atoms with Gasteiger partial charge in [0.2, 0.25) is 0 Å². The highest BCUT2D eigenvalue weighted by Crippen LogP contribution is 2.76. The van der Waals surface area contributed by atoms with Crippen molar-refractivity contribution in [3.8, 4) is 0 Å². The molecule has 0 spiro atoms. The van der Waals surface area contributed by atoms with Crippen molar-refractivity contribution < 1.29 is 14.3 Å². The van der Waals surface area contributed by atoms with Crippen molar-refractivity contribution in [1.29, 1.82) is 0 Å². The molecule has 4 aliphatic carbocycles. The summed E-state index contributed by atoms with van der Waals surface area (Å²) in [5, 5.41) is 0. The number of fused-ring (bicyclic) bond motifs is 3. The first-order valence-corrected chi connectivity index (χ1v) is 10.8. The maximum absolute atomic E-state index is 12.7. The highest BCUT2D eigenvalue weighted by atomic mass is 79.9. The third-order valence-corrected chi connectivity index (χ3v) is 11.1. The number of Topliss-reactive ketones (excluding diaryl/α,β-unsaturated/α-hetero) is 2. The summed E-state index contributed by atoms with van der Waals surface area (Å²) in [6, 6.07) is 0. The lowest BCUT2D eigenvalue weighted by Crippen LogP contribution is -2.68. The summed E-state index contributed by atoms with van der Waals surface area (Å²) in [4.78, 5) is 25.1. The van der Waals surface area contributed by atoms with Crippen LogP contribution in [0.1, 0.15) is 65.7 Å². The molecule has 138 valence electrons. The second kappa shape index (κ2) is 4.79. The molecular weight excluding hydrogens is 380 g/mol. The number of rotatable bonds is 0. The SMILES string of the molecule is C[C@@H]1CC(=O)C[C@]2(Br)[C@H]3C[C@@]4(C)[C@H](CC[C@]5(C)C(=O)CC[C@@H]45)[C@@]12CO3. The molecule has 4 heteroatoms. The zero-order chi connectivity index (χ0) is 17.8. The number of carbonyl (C=O) groups is 2. The van der Waals surface area contributed by atoms with Crippen LogP contribution in [0, 0.1) is 34.0 Å². The summed E-state index contributed by atoms with van der Waals surface area (Å²) >= 11 is 4.11. The number of ketones is 2. The maximum Gasteiger partial charge on any atom is 0.139 e. The molecule has 0 unspecified atom stereocenters. The van der Waals surface area contributed by atoms with E-state index in [0.29, 0.717) is 42.2 Å². The van der Waals surface area contributed by atoms with Gasteiger partial charge in [-0.3, -0.25) is 9.59 Å². The first kappa shape index (κ1) is 16.9. The van der Waals surface area contributed by atoms with Gasteiger partial charge in [0.05, 0.1) is 17.0 Å². The Labute approximate surface area is 158 Å². The van der Waals surface area contributed by atoms with Crippen LogP contribution >= 0.6 is 15.9 Å². The molecule has 0 amide bonds. The van der Waals surface area contributed by atoms with Crippen LogP contribution in [0.25, 0.3) is 0 Å². The minimum absolute atomic E-state index is 0.0472. The zero-order valence-corrected chi connectivity index (χ0v) is 17.2. The number of hydrogen-bond donors (Lipinski definition) is 0. The minimum Gasteiger partial charge on any atom is -0.376 e. The van der Waals surface area contributed by atoms with Crippen molar-refractivity contribution in [1.82, 2.24) is 0 Å². The fourth-order valence-electron chi connectivity index (χ4n) is 8.45. The molecule has 5 aliphatic rings. The summed E-state index contributed by atoms with van der Waals surface area (Å²) in [6.45, 7) is 7.75. The van der Waals surface area contributed by atoms with Gasteiger partial charge < -0.3 is 4.74 Å². The molecule has 0 aromatic carbocycles. The lowest BCUT2D eigenvalue weighted by Gasteiger charge is -2.67. The van der Waals surface area contributed by atoms with Crippen LogP contribution in [0.4, 0.5) is 0 Å². The molecule has 2 bridgehead atoms. The topological polar surface area (TPSA) is 43.4 Å². The van der Waals surface area contributed by atoms with Crippen LogP contribution in [0.5, 0.6) is 0 Å². The van der Waals surface area contributed by atoms with Gasteiger partial charge in [-0.25, -0.2) is 0 Å². The summed E-state index contributed by atoms with van der Waals surface area (Å²) in [7, 11) is 0. The predicted molar refractivity (Wildman–Crippen MR) is 98.5 cm³/mol. The van der Waals surface area contributed by atoms with E-state index in [1.165, 1.54) is 0 Å². The Morgan fingerprint density at radius 3 is 2.68 bits per heavy atom. The van der Waals surface area contributed by atoms with E-state index in [2.05, 4.69) is 36.7 Å². The van der Waals surface area contributed by atoms with Gasteiger partial charge in [-0.05, 0) is 48.9 Å². The van der Waals surface area contributed by atoms with Gasteiger partial charge in [-0.1, -0.05) is 36.7 Å². The lowest BCUT2D eigenvalue weighted by atomic mass is 9.38. The summed E-state index contributed by atoms with van der Waals surface area (Å²) in [5.41, 5.74) is 0.0825. The third kappa shape index (κ3) is 1.69. The normalized spacial score (nSPS) is 60.2. The lowest BCUT2D eigenvalue weighted by molar-refractivity contribution is -0.166. The second-order valence-corrected chi connectivity index (χ2v) is 11.7. The van der Waals surface area contributed by atoms with Crippen molar-refractivity contribution in [2.24, 2.45) is 34.0 Å². The van der Waals surface area contributed by atoms with E-state index in [4.69, 9.17) is 4.74 Å². The number of hydrogen-bond acceptors (Lipinski definition) is 3. The molecule has 5 rings (SSSR count). The van der Waals surface area contributed by atoms with Crippen LogP contribution in [-0.4, -0.2) is 28.6 Å². The Morgan fingerprint density at radius 1 is 1.16 bits per heavy atom. The number of ether oxygens (including phenoxy) is 1. The van der Waals surface area contributed by atoms with Crippen LogP contribution in [0.15, 0.2) is 0 Å². The van der Waals surface area contributed by atoms with Crippen LogP contribution in [0.2, 0.25) is 0 Å². The third-order valence-electron chi connectivity index (χ3n) is 9.53. The smallest absolute Gasteiger partial charge is 0.139 e. The Kier molecular flexibility index (Phi) is 3.24. The number of alkyl halides is 1. The summed E-state index contributed by atoms with van der Waals surface area (Å²) in [5.74, 6) is 2.25. The van der Waals surface area contributed by atoms with E-state index in [-0.39, 0.29) is 26.7 Å². The molecule has 0 aromatic rings.